The lowest BCUT2D eigenvalue weighted by Crippen LogP contribution is -2.05. The number of hydrogen-bond donors (Lipinski definition) is 0. The topological polar surface area (TPSA) is 62.1 Å². The maximum Gasteiger partial charge on any atom is 0.200 e. The third-order valence-corrected chi connectivity index (χ3v) is 3.83. The minimum absolute atomic E-state index is 0.504. The SMILES string of the molecule is COc1cc(OCc2ccccc2)ccc1-n1ccc2ncnc-2n1. The molecule has 2 aliphatic rings. The number of hydrogen-bond acceptors (Lipinski definition) is 5. The quantitative estimate of drug-likeness (QED) is 0.561. The van der Waals surface area contributed by atoms with Crippen molar-refractivity contribution < 1.29 is 9.47 Å². The van der Waals surface area contributed by atoms with Gasteiger partial charge in [-0.1, -0.05) is 30.3 Å². The van der Waals surface area contributed by atoms with Crippen LogP contribution in [0.5, 0.6) is 11.5 Å². The smallest absolute Gasteiger partial charge is 0.200 e. The zero-order valence-electron chi connectivity index (χ0n) is 13.7. The Morgan fingerprint density at radius 1 is 1.00 bits per heavy atom. The van der Waals surface area contributed by atoms with Crippen LogP contribution in [0.4, 0.5) is 0 Å². The van der Waals surface area contributed by atoms with Gasteiger partial charge in [0.1, 0.15) is 35.8 Å². The van der Waals surface area contributed by atoms with Crippen molar-refractivity contribution >= 4 is 0 Å². The van der Waals surface area contributed by atoms with Gasteiger partial charge < -0.3 is 9.47 Å². The van der Waals surface area contributed by atoms with Crippen molar-refractivity contribution in [3.05, 3.63) is 72.7 Å². The molecule has 0 N–H and O–H groups in total. The van der Waals surface area contributed by atoms with Gasteiger partial charge in [-0.3, -0.25) is 0 Å². The number of ether oxygens (including phenoxy) is 2. The minimum atomic E-state index is 0.504. The fraction of sp³-hybridized carbons (Fsp3) is 0.105. The average Bonchev–Trinajstić information content (AvgIpc) is 3.14. The van der Waals surface area contributed by atoms with Gasteiger partial charge >= 0.3 is 0 Å². The number of imidazole rings is 1. The first-order chi connectivity index (χ1) is 12.3. The number of fused-ring (bicyclic) bond motifs is 1. The van der Waals surface area contributed by atoms with E-state index in [1.54, 1.807) is 11.8 Å². The number of benzene rings is 2. The van der Waals surface area contributed by atoms with Crippen LogP contribution >= 0.6 is 0 Å². The van der Waals surface area contributed by atoms with Gasteiger partial charge in [0.15, 0.2) is 5.82 Å². The Morgan fingerprint density at radius 3 is 2.72 bits per heavy atom. The monoisotopic (exact) mass is 332 g/mol. The van der Waals surface area contributed by atoms with Gasteiger partial charge in [-0.15, -0.1) is 5.10 Å². The molecule has 2 aromatic rings. The zero-order valence-corrected chi connectivity index (χ0v) is 13.7. The normalized spacial score (nSPS) is 10.8. The molecule has 0 radical (unpaired) electrons. The summed E-state index contributed by atoms with van der Waals surface area (Å²) in [6.45, 7) is 0.504. The molecule has 0 aliphatic carbocycles. The lowest BCUT2D eigenvalue weighted by Gasteiger charge is -2.13. The van der Waals surface area contributed by atoms with Crippen LogP contribution in [0.1, 0.15) is 5.56 Å². The van der Waals surface area contributed by atoms with Crippen LogP contribution in [-0.2, 0) is 6.61 Å². The maximum absolute atomic E-state index is 5.85. The summed E-state index contributed by atoms with van der Waals surface area (Å²) in [5.74, 6) is 2.00. The molecule has 0 saturated heterocycles. The third-order valence-electron chi connectivity index (χ3n) is 3.83. The summed E-state index contributed by atoms with van der Waals surface area (Å²) >= 11 is 0. The summed E-state index contributed by atoms with van der Waals surface area (Å²) in [6.07, 6.45) is 3.33. The van der Waals surface area contributed by atoms with Crippen LogP contribution in [0, 0.1) is 0 Å². The average molecular weight is 332 g/mol. The second-order valence-corrected chi connectivity index (χ2v) is 5.45. The molecule has 0 atom stereocenters. The second kappa shape index (κ2) is 6.60. The Morgan fingerprint density at radius 2 is 1.88 bits per heavy atom. The van der Waals surface area contributed by atoms with Crippen LogP contribution in [0.25, 0.3) is 17.2 Å². The summed E-state index contributed by atoms with van der Waals surface area (Å²) in [5, 5.41) is 4.46. The molecule has 0 amide bonds. The van der Waals surface area contributed by atoms with Gasteiger partial charge in [0.25, 0.3) is 0 Å². The molecule has 4 rings (SSSR count). The number of methoxy groups -OCH3 is 1. The summed E-state index contributed by atoms with van der Waals surface area (Å²) in [7, 11) is 1.63. The van der Waals surface area contributed by atoms with Gasteiger partial charge in [-0.2, -0.15) is 0 Å². The summed E-state index contributed by atoms with van der Waals surface area (Å²) in [4.78, 5) is 8.26. The van der Waals surface area contributed by atoms with Gasteiger partial charge in [-0.25, -0.2) is 14.6 Å². The predicted molar refractivity (Wildman–Crippen MR) is 93.1 cm³/mol. The van der Waals surface area contributed by atoms with Gasteiger partial charge in [0, 0.05) is 12.3 Å². The van der Waals surface area contributed by atoms with Gasteiger partial charge in [0.05, 0.1) is 7.11 Å². The van der Waals surface area contributed by atoms with E-state index >= 15 is 0 Å². The molecule has 0 aromatic heterocycles. The molecule has 6 heteroatoms. The van der Waals surface area contributed by atoms with Crippen LogP contribution in [0.3, 0.4) is 0 Å². The fourth-order valence-corrected chi connectivity index (χ4v) is 2.55. The molecule has 0 spiro atoms. The van der Waals surface area contributed by atoms with Crippen molar-refractivity contribution in [3.63, 3.8) is 0 Å². The number of rotatable bonds is 5. The van der Waals surface area contributed by atoms with E-state index in [1.807, 2.05) is 60.8 Å². The maximum atomic E-state index is 5.85. The minimum Gasteiger partial charge on any atom is -0.494 e. The molecule has 0 fully saturated rings. The van der Waals surface area contributed by atoms with Crippen molar-refractivity contribution in [2.75, 3.05) is 7.11 Å². The zero-order chi connectivity index (χ0) is 17.1. The summed E-state index contributed by atoms with van der Waals surface area (Å²) < 4.78 is 13.1. The van der Waals surface area contributed by atoms with E-state index in [4.69, 9.17) is 9.47 Å². The Bertz CT molecular complexity index is 953. The predicted octanol–water partition coefficient (Wildman–Crippen LogP) is 3.35. The molecular formula is C19H16N4O2. The number of aromatic nitrogens is 4. The highest BCUT2D eigenvalue weighted by atomic mass is 16.5. The van der Waals surface area contributed by atoms with Crippen molar-refractivity contribution in [1.82, 2.24) is 19.7 Å². The van der Waals surface area contributed by atoms with E-state index in [1.165, 1.54) is 6.33 Å². The third kappa shape index (κ3) is 3.14. The van der Waals surface area contributed by atoms with Crippen molar-refractivity contribution in [1.29, 1.82) is 0 Å². The van der Waals surface area contributed by atoms with Crippen molar-refractivity contribution in [2.24, 2.45) is 0 Å². The summed E-state index contributed by atoms with van der Waals surface area (Å²) in [6, 6.07) is 17.6. The van der Waals surface area contributed by atoms with Crippen molar-refractivity contribution in [3.8, 4) is 28.7 Å². The Kier molecular flexibility index (Phi) is 4.00. The first-order valence-electron chi connectivity index (χ1n) is 7.85. The molecular weight excluding hydrogens is 316 g/mol. The van der Waals surface area contributed by atoms with E-state index in [9.17, 15) is 0 Å². The van der Waals surface area contributed by atoms with Gasteiger partial charge in [0.2, 0.25) is 0 Å². The molecule has 25 heavy (non-hydrogen) atoms. The lowest BCUT2D eigenvalue weighted by molar-refractivity contribution is 0.303. The lowest BCUT2D eigenvalue weighted by atomic mass is 10.2. The van der Waals surface area contributed by atoms with E-state index in [0.717, 1.165) is 22.7 Å². The molecule has 124 valence electrons. The highest BCUT2D eigenvalue weighted by Crippen LogP contribution is 2.28. The first-order valence-corrected chi connectivity index (χ1v) is 7.85. The van der Waals surface area contributed by atoms with E-state index < -0.39 is 0 Å². The second-order valence-electron chi connectivity index (χ2n) is 5.45. The number of nitrogens with zero attached hydrogens (tertiary/aromatic N) is 4. The van der Waals surface area contributed by atoms with E-state index in [2.05, 4.69) is 15.1 Å². The molecule has 2 aliphatic heterocycles. The van der Waals surface area contributed by atoms with Crippen LogP contribution in [-0.4, -0.2) is 26.9 Å². The van der Waals surface area contributed by atoms with Crippen LogP contribution in [0.2, 0.25) is 0 Å². The van der Waals surface area contributed by atoms with E-state index in [-0.39, 0.29) is 0 Å². The Balaban J connectivity index is 1.60. The molecule has 6 nitrogen and oxygen atoms in total. The molecule has 0 saturated carbocycles. The first kappa shape index (κ1) is 15.1. The fourth-order valence-electron chi connectivity index (χ4n) is 2.55. The molecule has 2 heterocycles. The highest BCUT2D eigenvalue weighted by Gasteiger charge is 2.12. The molecule has 0 unspecified atom stereocenters. The Hall–Kier alpha value is -3.41. The molecule has 2 aromatic carbocycles. The van der Waals surface area contributed by atoms with Crippen LogP contribution < -0.4 is 9.47 Å². The van der Waals surface area contributed by atoms with Gasteiger partial charge in [-0.05, 0) is 23.8 Å². The standard InChI is InChI=1S/C19H16N4O2/c1-24-18-11-15(25-12-14-5-3-2-4-6-14)7-8-17(18)23-10-9-16-19(22-23)21-13-20-16/h2-11,13H,12H2,1H3. The highest BCUT2D eigenvalue weighted by molar-refractivity contribution is 5.53. The van der Waals surface area contributed by atoms with Crippen molar-refractivity contribution in [2.45, 2.75) is 6.61 Å². The van der Waals surface area contributed by atoms with Crippen LogP contribution in [0.15, 0.2) is 67.1 Å². The van der Waals surface area contributed by atoms with E-state index in [0.29, 0.717) is 18.2 Å². The Labute approximate surface area is 145 Å². The largest absolute Gasteiger partial charge is 0.494 e. The molecule has 0 bridgehead atoms. The summed E-state index contributed by atoms with van der Waals surface area (Å²) in [5.41, 5.74) is 2.68.